The van der Waals surface area contributed by atoms with Crippen LogP contribution in [0.15, 0.2) is 74.4 Å². The molecule has 0 bridgehead atoms. The van der Waals surface area contributed by atoms with Gasteiger partial charge in [0.05, 0.1) is 11.6 Å². The van der Waals surface area contributed by atoms with Crippen LogP contribution < -0.4 is 5.32 Å². The lowest BCUT2D eigenvalue weighted by atomic mass is 9.90. The fraction of sp³-hybridized carbons (Fsp3) is 0.412. The first-order valence-electron chi connectivity index (χ1n) is 13.4. The van der Waals surface area contributed by atoms with E-state index in [1.807, 2.05) is 46.0 Å². The molecule has 2 aromatic rings. The number of carbonyl (C=O) groups excluding carboxylic acids is 1. The summed E-state index contributed by atoms with van der Waals surface area (Å²) in [7, 11) is 1.94. The molecule has 37 heavy (non-hydrogen) atoms. The molecule has 0 amide bonds. The summed E-state index contributed by atoms with van der Waals surface area (Å²) in [6.07, 6.45) is 9.74. The molecule has 2 aromatic carbocycles. The number of aldehydes is 1. The quantitative estimate of drug-likeness (QED) is 0.210. The number of nitrogens with zero attached hydrogens (tertiary/aromatic N) is 1. The first-order valence-corrected chi connectivity index (χ1v) is 13.4. The highest BCUT2D eigenvalue weighted by Crippen LogP contribution is 2.26. The van der Waals surface area contributed by atoms with Gasteiger partial charge in [0.15, 0.2) is 0 Å². The van der Waals surface area contributed by atoms with Gasteiger partial charge in [0.1, 0.15) is 6.29 Å². The summed E-state index contributed by atoms with van der Waals surface area (Å²) in [5.74, 6) is 0.674. The smallest absolute Gasteiger partial charge is 0.142 e. The molecular formula is C34H52N2O. The lowest BCUT2D eigenvalue weighted by molar-refractivity contribution is -0.104. The molecule has 0 heterocycles. The van der Waals surface area contributed by atoms with Crippen molar-refractivity contribution in [3.63, 3.8) is 0 Å². The highest BCUT2D eigenvalue weighted by Gasteiger charge is 2.09. The largest absolute Gasteiger partial charge is 0.388 e. The summed E-state index contributed by atoms with van der Waals surface area (Å²) in [5, 5.41) is 11.9. The molecule has 0 spiro atoms. The SMILES string of the molecule is C=C(C)c1ccc(C)c(NC)c1.C=CC=O.C=CCC.CC.CCCC(CCC)c1ccc(C#N)cc1. The van der Waals surface area contributed by atoms with Crippen molar-refractivity contribution in [1.82, 2.24) is 0 Å². The lowest BCUT2D eigenvalue weighted by Gasteiger charge is -2.15. The Balaban J connectivity index is -0.000000467. The maximum Gasteiger partial charge on any atom is 0.142 e. The number of anilines is 1. The van der Waals surface area contributed by atoms with Gasteiger partial charge in [0.2, 0.25) is 0 Å². The number of allylic oxidation sites excluding steroid dienone is 3. The Morgan fingerprint density at radius 2 is 1.51 bits per heavy atom. The van der Waals surface area contributed by atoms with E-state index in [4.69, 9.17) is 10.1 Å². The zero-order valence-electron chi connectivity index (χ0n) is 24.9. The van der Waals surface area contributed by atoms with E-state index in [2.05, 4.69) is 89.1 Å². The summed E-state index contributed by atoms with van der Waals surface area (Å²) >= 11 is 0. The van der Waals surface area contributed by atoms with Gasteiger partial charge >= 0.3 is 0 Å². The van der Waals surface area contributed by atoms with E-state index in [-0.39, 0.29) is 0 Å². The van der Waals surface area contributed by atoms with Crippen molar-refractivity contribution in [3.8, 4) is 6.07 Å². The van der Waals surface area contributed by atoms with E-state index in [0.29, 0.717) is 12.2 Å². The minimum atomic E-state index is 0.639. The summed E-state index contributed by atoms with van der Waals surface area (Å²) in [5.41, 5.74) is 6.89. The molecule has 2 rings (SSSR count). The van der Waals surface area contributed by atoms with Gasteiger partial charge in [-0.25, -0.2) is 0 Å². The Hall–Kier alpha value is -3.38. The van der Waals surface area contributed by atoms with E-state index >= 15 is 0 Å². The highest BCUT2D eigenvalue weighted by atomic mass is 16.1. The number of nitrogens with one attached hydrogen (secondary N) is 1. The topological polar surface area (TPSA) is 52.9 Å². The van der Waals surface area contributed by atoms with Crippen LogP contribution in [0.25, 0.3) is 5.57 Å². The maximum atomic E-state index is 9.06. The van der Waals surface area contributed by atoms with Crippen molar-refractivity contribution in [1.29, 1.82) is 5.26 Å². The third-order valence-electron chi connectivity index (χ3n) is 5.17. The van der Waals surface area contributed by atoms with E-state index < -0.39 is 0 Å². The molecule has 0 aromatic heterocycles. The highest BCUT2D eigenvalue weighted by molar-refractivity contribution is 5.67. The van der Waals surface area contributed by atoms with Crippen LogP contribution in [0.1, 0.15) is 102 Å². The van der Waals surface area contributed by atoms with E-state index in [0.717, 1.165) is 17.6 Å². The number of rotatable bonds is 9. The van der Waals surface area contributed by atoms with Gasteiger partial charge in [0, 0.05) is 12.7 Å². The number of hydrogen-bond donors (Lipinski definition) is 1. The summed E-state index contributed by atoms with van der Waals surface area (Å²) in [6.45, 7) is 25.1. The molecule has 0 saturated carbocycles. The molecule has 0 aliphatic carbocycles. The molecule has 3 nitrogen and oxygen atoms in total. The van der Waals surface area contributed by atoms with Crippen LogP contribution in [0, 0.1) is 18.3 Å². The van der Waals surface area contributed by atoms with Crippen molar-refractivity contribution in [2.75, 3.05) is 12.4 Å². The molecule has 0 aliphatic rings. The van der Waals surface area contributed by atoms with Gasteiger partial charge in [-0.1, -0.05) is 96.5 Å². The van der Waals surface area contributed by atoms with Crippen LogP contribution in [-0.2, 0) is 4.79 Å². The monoisotopic (exact) mass is 504 g/mol. The molecule has 0 radical (unpaired) electrons. The van der Waals surface area contributed by atoms with E-state index in [9.17, 15) is 0 Å². The van der Waals surface area contributed by atoms with Gasteiger partial charge < -0.3 is 5.32 Å². The number of aryl methyl sites for hydroxylation is 1. The fourth-order valence-corrected chi connectivity index (χ4v) is 3.16. The Morgan fingerprint density at radius 1 is 1.03 bits per heavy atom. The molecule has 0 saturated heterocycles. The minimum Gasteiger partial charge on any atom is -0.388 e. The van der Waals surface area contributed by atoms with Crippen LogP contribution in [0.3, 0.4) is 0 Å². The second kappa shape index (κ2) is 27.2. The summed E-state index contributed by atoms with van der Waals surface area (Å²) in [4.78, 5) is 9.06. The van der Waals surface area contributed by atoms with Crippen molar-refractivity contribution < 1.29 is 4.79 Å². The second-order valence-electron chi connectivity index (χ2n) is 8.14. The van der Waals surface area contributed by atoms with Crippen molar-refractivity contribution in [3.05, 3.63) is 96.6 Å². The van der Waals surface area contributed by atoms with Crippen LogP contribution >= 0.6 is 0 Å². The normalized spacial score (nSPS) is 8.65. The first-order chi connectivity index (χ1) is 17.8. The van der Waals surface area contributed by atoms with Gasteiger partial charge in [-0.05, 0) is 80.0 Å². The number of nitriles is 1. The Morgan fingerprint density at radius 3 is 1.84 bits per heavy atom. The summed E-state index contributed by atoms with van der Waals surface area (Å²) < 4.78 is 0. The van der Waals surface area contributed by atoms with E-state index in [1.165, 1.54) is 54.1 Å². The zero-order chi connectivity index (χ0) is 29.1. The van der Waals surface area contributed by atoms with Crippen LogP contribution in [0.4, 0.5) is 5.69 Å². The Bertz CT molecular complexity index is 892. The molecule has 3 heteroatoms. The average Bonchev–Trinajstić information content (AvgIpc) is 2.94. The number of carbonyl (C=O) groups is 1. The Labute approximate surface area is 229 Å². The standard InChI is InChI=1S/C14H19N.C11H15N.C4H8.C3H4O.C2H6/c1-3-5-13(6-4-2)14-9-7-12(11-15)8-10-14;1-8(2)10-6-5-9(3)11(7-10)12-4;1-3-4-2;1-2-3-4;1-2/h7-10,13H,3-6H2,1-2H3;5-7,12H,1H2,2-4H3;3H,1,4H2,2H3;2-3H,1H2;1-2H3. The summed E-state index contributed by atoms with van der Waals surface area (Å²) in [6, 6.07) is 16.5. The third-order valence-corrected chi connectivity index (χ3v) is 5.17. The molecule has 204 valence electrons. The molecule has 1 N–H and O–H groups in total. The number of benzene rings is 2. The predicted molar refractivity (Wildman–Crippen MR) is 167 cm³/mol. The lowest BCUT2D eigenvalue weighted by Crippen LogP contribution is -1.98. The van der Waals surface area contributed by atoms with Gasteiger partial charge in [-0.15, -0.1) is 6.58 Å². The fourth-order valence-electron chi connectivity index (χ4n) is 3.16. The average molecular weight is 505 g/mol. The predicted octanol–water partition coefficient (Wildman–Crippen LogP) is 10.3. The molecule has 0 fully saturated rings. The maximum absolute atomic E-state index is 9.06. The zero-order valence-corrected chi connectivity index (χ0v) is 24.9. The first kappa shape index (κ1) is 38.2. The molecule has 0 aliphatic heterocycles. The number of hydrogen-bond acceptors (Lipinski definition) is 3. The van der Waals surface area contributed by atoms with Crippen LogP contribution in [0.2, 0.25) is 0 Å². The molecule has 0 unspecified atom stereocenters. The van der Waals surface area contributed by atoms with Crippen molar-refractivity contribution >= 4 is 17.5 Å². The van der Waals surface area contributed by atoms with Gasteiger partial charge in [-0.2, -0.15) is 5.26 Å². The van der Waals surface area contributed by atoms with Crippen molar-refractivity contribution in [2.45, 2.75) is 86.5 Å². The van der Waals surface area contributed by atoms with Crippen LogP contribution in [-0.4, -0.2) is 13.3 Å². The van der Waals surface area contributed by atoms with E-state index in [1.54, 1.807) is 0 Å². The van der Waals surface area contributed by atoms with Gasteiger partial charge in [0.25, 0.3) is 0 Å². The van der Waals surface area contributed by atoms with Crippen molar-refractivity contribution in [2.24, 2.45) is 0 Å². The third kappa shape index (κ3) is 19.5. The van der Waals surface area contributed by atoms with Gasteiger partial charge in [-0.3, -0.25) is 4.79 Å². The second-order valence-corrected chi connectivity index (χ2v) is 8.14. The molecule has 0 atom stereocenters. The molecular weight excluding hydrogens is 452 g/mol. The Kier molecular flexibility index (Phi) is 28.1. The van der Waals surface area contributed by atoms with Crippen LogP contribution in [0.5, 0.6) is 0 Å². The minimum absolute atomic E-state index is 0.639.